The van der Waals surface area contributed by atoms with Crippen molar-refractivity contribution in [3.63, 3.8) is 0 Å². The Bertz CT molecular complexity index is 1400. The van der Waals surface area contributed by atoms with Crippen molar-refractivity contribution in [1.82, 2.24) is 14.5 Å². The highest BCUT2D eigenvalue weighted by Gasteiger charge is 2.43. The maximum Gasteiger partial charge on any atom is 0.231 e. The van der Waals surface area contributed by atoms with Gasteiger partial charge in [-0.3, -0.25) is 4.79 Å². The van der Waals surface area contributed by atoms with Gasteiger partial charge in [0.1, 0.15) is 30.1 Å². The zero-order valence-corrected chi connectivity index (χ0v) is 22.1. The predicted molar refractivity (Wildman–Crippen MR) is 141 cm³/mol. The van der Waals surface area contributed by atoms with E-state index in [1.54, 1.807) is 24.5 Å². The molecule has 4 aromatic rings. The van der Waals surface area contributed by atoms with Crippen LogP contribution in [0.3, 0.4) is 0 Å². The Morgan fingerprint density at radius 1 is 1.29 bits per heavy atom. The summed E-state index contributed by atoms with van der Waals surface area (Å²) in [5, 5.41) is 3.66. The fourth-order valence-corrected chi connectivity index (χ4v) is 5.45. The molecule has 1 saturated carbocycles. The van der Waals surface area contributed by atoms with Crippen molar-refractivity contribution in [2.24, 2.45) is 5.92 Å². The first kappa shape index (κ1) is 23.9. The monoisotopic (exact) mass is 512 g/mol. The molecule has 1 N–H and O–H groups in total. The van der Waals surface area contributed by atoms with E-state index in [1.807, 2.05) is 34.5 Å². The SMILES string of the molecule is COc1cc2scnc2cc1-c1cn(COCC[Si](C)(C)C)c2nc(NC(=O)[C@@H]3C[C@@H]3F)ccc12. The molecule has 1 aliphatic rings. The van der Waals surface area contributed by atoms with Gasteiger partial charge in [-0.05, 0) is 30.7 Å². The normalized spacial score (nSPS) is 17.7. The van der Waals surface area contributed by atoms with Gasteiger partial charge in [0.2, 0.25) is 5.91 Å². The quantitative estimate of drug-likeness (QED) is 0.222. The van der Waals surface area contributed by atoms with Gasteiger partial charge in [-0.2, -0.15) is 0 Å². The van der Waals surface area contributed by atoms with Crippen LogP contribution in [-0.2, 0) is 16.3 Å². The molecule has 0 unspecified atom stereocenters. The second kappa shape index (κ2) is 9.33. The van der Waals surface area contributed by atoms with Gasteiger partial charge in [0.05, 0.1) is 28.8 Å². The minimum atomic E-state index is -1.22. The fraction of sp³-hybridized carbons (Fsp3) is 0.400. The number of halogens is 1. The van der Waals surface area contributed by atoms with E-state index in [9.17, 15) is 9.18 Å². The lowest BCUT2D eigenvalue weighted by Gasteiger charge is -2.15. The van der Waals surface area contributed by atoms with E-state index in [0.29, 0.717) is 24.8 Å². The molecule has 35 heavy (non-hydrogen) atoms. The third-order valence-corrected chi connectivity index (χ3v) is 8.69. The van der Waals surface area contributed by atoms with Crippen molar-refractivity contribution >= 4 is 52.4 Å². The summed E-state index contributed by atoms with van der Waals surface area (Å²) in [6, 6.07) is 8.77. The topological polar surface area (TPSA) is 78.3 Å². The summed E-state index contributed by atoms with van der Waals surface area (Å²) in [5.41, 5.74) is 5.26. The molecule has 1 aromatic carbocycles. The summed E-state index contributed by atoms with van der Waals surface area (Å²) in [5.74, 6) is 0.246. The van der Waals surface area contributed by atoms with E-state index in [-0.39, 0.29) is 12.3 Å². The number of pyridine rings is 1. The van der Waals surface area contributed by atoms with Gasteiger partial charge >= 0.3 is 0 Å². The largest absolute Gasteiger partial charge is 0.496 e. The van der Waals surface area contributed by atoms with Crippen LogP contribution in [0.15, 0.2) is 36.0 Å². The molecule has 0 bridgehead atoms. The second-order valence-electron chi connectivity index (χ2n) is 10.1. The van der Waals surface area contributed by atoms with E-state index in [1.165, 1.54) is 0 Å². The summed E-state index contributed by atoms with van der Waals surface area (Å²) >= 11 is 1.57. The number of rotatable bonds is 9. The van der Waals surface area contributed by atoms with E-state index >= 15 is 0 Å². The van der Waals surface area contributed by atoms with Crippen molar-refractivity contribution in [1.29, 1.82) is 0 Å². The number of aromatic nitrogens is 3. The number of ether oxygens (including phenoxy) is 2. The number of anilines is 1. The van der Waals surface area contributed by atoms with Crippen LogP contribution in [0.1, 0.15) is 6.42 Å². The van der Waals surface area contributed by atoms with Crippen LogP contribution in [-0.4, -0.2) is 48.4 Å². The van der Waals surface area contributed by atoms with Crippen LogP contribution in [0.25, 0.3) is 32.4 Å². The van der Waals surface area contributed by atoms with Gasteiger partial charge < -0.3 is 19.4 Å². The third kappa shape index (κ3) is 5.09. The van der Waals surface area contributed by atoms with Crippen molar-refractivity contribution in [3.8, 4) is 16.9 Å². The van der Waals surface area contributed by atoms with Crippen LogP contribution in [0.2, 0.25) is 25.7 Å². The van der Waals surface area contributed by atoms with Gasteiger partial charge in [-0.25, -0.2) is 14.4 Å². The first-order valence-electron chi connectivity index (χ1n) is 11.7. The molecule has 3 aromatic heterocycles. The first-order chi connectivity index (χ1) is 16.7. The Labute approximate surface area is 208 Å². The maximum atomic E-state index is 13.3. The molecule has 0 saturated heterocycles. The average molecular weight is 513 g/mol. The smallest absolute Gasteiger partial charge is 0.231 e. The Morgan fingerprint density at radius 3 is 2.80 bits per heavy atom. The van der Waals surface area contributed by atoms with Crippen LogP contribution < -0.4 is 10.1 Å². The van der Waals surface area contributed by atoms with Crippen molar-refractivity contribution in [2.75, 3.05) is 19.0 Å². The van der Waals surface area contributed by atoms with Gasteiger partial charge in [0.15, 0.2) is 0 Å². The van der Waals surface area contributed by atoms with Gasteiger partial charge in [0.25, 0.3) is 0 Å². The minimum Gasteiger partial charge on any atom is -0.496 e. The highest BCUT2D eigenvalue weighted by Crippen LogP contribution is 2.40. The van der Waals surface area contributed by atoms with Crippen LogP contribution in [0.5, 0.6) is 5.75 Å². The molecule has 5 rings (SSSR count). The maximum absolute atomic E-state index is 13.3. The number of alkyl halides is 1. The molecule has 2 atom stereocenters. The number of nitrogens with zero attached hydrogens (tertiary/aromatic N) is 3. The van der Waals surface area contributed by atoms with Crippen molar-refractivity contribution in [2.45, 2.75) is 45.0 Å². The summed E-state index contributed by atoms with van der Waals surface area (Å²) in [6.45, 7) is 7.97. The zero-order chi connectivity index (χ0) is 24.7. The lowest BCUT2D eigenvalue weighted by atomic mass is 10.0. The van der Waals surface area contributed by atoms with E-state index < -0.39 is 20.2 Å². The molecular weight excluding hydrogens is 483 g/mol. The number of thiazole rings is 1. The lowest BCUT2D eigenvalue weighted by molar-refractivity contribution is -0.117. The molecule has 1 amide bonds. The average Bonchev–Trinajstić information content (AvgIpc) is 3.22. The number of carbonyl (C=O) groups excluding carboxylic acids is 1. The number of fused-ring (bicyclic) bond motifs is 2. The van der Waals surface area contributed by atoms with Gasteiger partial charge in [0, 0.05) is 43.5 Å². The van der Waals surface area contributed by atoms with E-state index in [4.69, 9.17) is 14.5 Å². The van der Waals surface area contributed by atoms with Crippen LogP contribution >= 0.6 is 11.3 Å². The summed E-state index contributed by atoms with van der Waals surface area (Å²) in [7, 11) is 0.442. The molecular formula is C25H29FN4O3SSi. The highest BCUT2D eigenvalue weighted by molar-refractivity contribution is 7.16. The van der Waals surface area contributed by atoms with Gasteiger partial charge in [-0.15, -0.1) is 11.3 Å². The number of nitrogens with one attached hydrogen (secondary N) is 1. The van der Waals surface area contributed by atoms with Crippen LogP contribution in [0.4, 0.5) is 10.2 Å². The summed E-state index contributed by atoms with van der Waals surface area (Å²) in [6.07, 6.45) is 1.23. The number of methoxy groups -OCH3 is 1. The number of hydrogen-bond acceptors (Lipinski definition) is 6. The molecule has 3 heterocycles. The molecule has 0 radical (unpaired) electrons. The first-order valence-corrected chi connectivity index (χ1v) is 16.3. The summed E-state index contributed by atoms with van der Waals surface area (Å²) < 4.78 is 28.1. The van der Waals surface area contributed by atoms with Gasteiger partial charge in [-0.1, -0.05) is 19.6 Å². The molecule has 0 spiro atoms. The molecule has 7 nitrogen and oxygen atoms in total. The minimum absolute atomic E-state index is 0.276. The molecule has 184 valence electrons. The number of carbonyl (C=O) groups is 1. The molecule has 1 aliphatic carbocycles. The highest BCUT2D eigenvalue weighted by atomic mass is 32.1. The third-order valence-electron chi connectivity index (χ3n) is 6.19. The molecule has 10 heteroatoms. The predicted octanol–water partition coefficient (Wildman–Crippen LogP) is 5.93. The fourth-order valence-electron chi connectivity index (χ4n) is 4.01. The second-order valence-corrected chi connectivity index (χ2v) is 16.7. The zero-order valence-electron chi connectivity index (χ0n) is 20.3. The van der Waals surface area contributed by atoms with E-state index in [2.05, 4.69) is 29.9 Å². The number of amides is 1. The van der Waals surface area contributed by atoms with Crippen molar-refractivity contribution in [3.05, 3.63) is 36.0 Å². The Morgan fingerprint density at radius 2 is 2.09 bits per heavy atom. The number of benzene rings is 1. The molecule has 1 fully saturated rings. The Hall–Kier alpha value is -2.82. The van der Waals surface area contributed by atoms with E-state index in [0.717, 1.165) is 38.5 Å². The Balaban J connectivity index is 1.53. The standard InChI is InChI=1S/C25H29FN4O3SSi/c1-32-21-11-22-20(27-13-34-22)10-16(21)18-12-30(14-33-7-8-35(2,3)4)24-15(18)5-6-23(28-24)29-25(31)17-9-19(17)26/h5-6,10-13,17,19H,7-9,14H2,1-4H3,(H,28,29,31)/t17-,19+/m1/s1. The van der Waals surface area contributed by atoms with Crippen LogP contribution in [0, 0.1) is 5.92 Å². The molecule has 0 aliphatic heterocycles. The summed E-state index contributed by atoms with van der Waals surface area (Å²) in [4.78, 5) is 21.5. The van der Waals surface area contributed by atoms with Crippen molar-refractivity contribution < 1.29 is 18.7 Å². The Kier molecular flexibility index (Phi) is 6.37. The lowest BCUT2D eigenvalue weighted by Crippen LogP contribution is -2.22. The number of hydrogen-bond donors (Lipinski definition) is 1.